The van der Waals surface area contributed by atoms with Gasteiger partial charge in [0.2, 0.25) is 0 Å². The van der Waals surface area contributed by atoms with Crippen LogP contribution in [0, 0.1) is 12.8 Å². The predicted octanol–water partition coefficient (Wildman–Crippen LogP) is 10.8. The van der Waals surface area contributed by atoms with Crippen LogP contribution in [-0.4, -0.2) is 4.98 Å². The van der Waals surface area contributed by atoms with Crippen molar-refractivity contribution in [2.24, 2.45) is 5.92 Å². The lowest BCUT2D eigenvalue weighted by molar-refractivity contribution is 0.596. The zero-order valence-corrected chi connectivity index (χ0v) is 24.1. The van der Waals surface area contributed by atoms with E-state index in [1.54, 1.807) is 11.3 Å². The topological polar surface area (TPSA) is 12.9 Å². The van der Waals surface area contributed by atoms with Gasteiger partial charge in [0.1, 0.15) is 4.83 Å². The second-order valence-corrected chi connectivity index (χ2v) is 13.8. The van der Waals surface area contributed by atoms with E-state index in [2.05, 4.69) is 114 Å². The highest BCUT2D eigenvalue weighted by molar-refractivity contribution is 7.18. The van der Waals surface area contributed by atoms with E-state index in [9.17, 15) is 0 Å². The van der Waals surface area contributed by atoms with Crippen LogP contribution < -0.4 is 0 Å². The molecule has 0 fully saturated rings. The van der Waals surface area contributed by atoms with Crippen LogP contribution in [-0.2, 0) is 11.8 Å². The van der Waals surface area contributed by atoms with Crippen molar-refractivity contribution in [2.45, 2.75) is 53.4 Å². The van der Waals surface area contributed by atoms with Gasteiger partial charge in [-0.3, -0.25) is 0 Å². The van der Waals surface area contributed by atoms with Gasteiger partial charge in [0, 0.05) is 20.5 Å². The van der Waals surface area contributed by atoms with Crippen molar-refractivity contribution in [1.82, 2.24) is 4.98 Å². The Bertz CT molecular complexity index is 1780. The highest BCUT2D eigenvalue weighted by Gasteiger charge is 2.20. The summed E-state index contributed by atoms with van der Waals surface area (Å²) in [6, 6.07) is 25.1. The summed E-state index contributed by atoms with van der Waals surface area (Å²) < 4.78 is 1.37. The number of hydrogen-bond donors (Lipinski definition) is 0. The molecular weight excluding hydrogens is 487 g/mol. The third kappa shape index (κ3) is 4.49. The number of fused-ring (bicyclic) bond motifs is 3. The van der Waals surface area contributed by atoms with E-state index < -0.39 is 0 Å². The molecule has 3 heterocycles. The van der Waals surface area contributed by atoms with Crippen molar-refractivity contribution < 1.29 is 0 Å². The Kier molecular flexibility index (Phi) is 5.97. The average molecular weight is 520 g/mol. The fourth-order valence-corrected chi connectivity index (χ4v) is 7.31. The number of benzene rings is 3. The van der Waals surface area contributed by atoms with E-state index in [0.717, 1.165) is 16.9 Å². The van der Waals surface area contributed by atoms with Gasteiger partial charge in [-0.25, -0.2) is 4.98 Å². The molecule has 0 spiro atoms. The molecule has 0 unspecified atom stereocenters. The Morgan fingerprint density at radius 1 is 0.838 bits per heavy atom. The van der Waals surface area contributed by atoms with Crippen molar-refractivity contribution in [3.05, 3.63) is 88.1 Å². The minimum Gasteiger partial charge on any atom is -0.237 e. The highest BCUT2D eigenvalue weighted by atomic mass is 32.1. The molecule has 37 heavy (non-hydrogen) atoms. The molecule has 0 saturated heterocycles. The van der Waals surface area contributed by atoms with Gasteiger partial charge in [0.05, 0.1) is 5.69 Å². The van der Waals surface area contributed by atoms with Crippen LogP contribution in [0.5, 0.6) is 0 Å². The molecule has 3 aromatic carbocycles. The number of thiophene rings is 2. The zero-order valence-electron chi connectivity index (χ0n) is 22.5. The molecule has 6 rings (SSSR count). The van der Waals surface area contributed by atoms with E-state index >= 15 is 0 Å². The largest absolute Gasteiger partial charge is 0.237 e. The standard InChI is InChI=1S/C34H33NS2/c1-20(2)13-25-19-36-32-12-11-23(16-28(25)32)27-18-31(35-33-29(27)14-21(3)37-33)24-15-22-9-7-8-10-26(22)30(17-24)34(4,5)6/h7-12,14-20H,13H2,1-6H3. The van der Waals surface area contributed by atoms with Gasteiger partial charge < -0.3 is 0 Å². The number of pyridine rings is 1. The van der Waals surface area contributed by atoms with Gasteiger partial charge in [-0.15, -0.1) is 22.7 Å². The van der Waals surface area contributed by atoms with Crippen molar-refractivity contribution in [1.29, 1.82) is 0 Å². The van der Waals surface area contributed by atoms with E-state index in [1.807, 2.05) is 11.3 Å². The van der Waals surface area contributed by atoms with Crippen LogP contribution in [0.1, 0.15) is 50.6 Å². The normalized spacial score (nSPS) is 12.4. The molecular formula is C34H33NS2. The Labute approximate surface area is 227 Å². The first-order valence-corrected chi connectivity index (χ1v) is 14.8. The lowest BCUT2D eigenvalue weighted by atomic mass is 9.82. The summed E-state index contributed by atoms with van der Waals surface area (Å²) in [5.41, 5.74) is 7.66. The van der Waals surface area contributed by atoms with Gasteiger partial charge in [-0.2, -0.15) is 0 Å². The van der Waals surface area contributed by atoms with Crippen molar-refractivity contribution in [3.63, 3.8) is 0 Å². The molecule has 0 aliphatic heterocycles. The Balaban J connectivity index is 1.59. The molecule has 0 atom stereocenters. The monoisotopic (exact) mass is 519 g/mol. The van der Waals surface area contributed by atoms with Crippen LogP contribution >= 0.6 is 22.7 Å². The Morgan fingerprint density at radius 2 is 1.65 bits per heavy atom. The molecule has 1 nitrogen and oxygen atoms in total. The number of aryl methyl sites for hydroxylation is 1. The third-order valence-corrected chi connectivity index (χ3v) is 9.14. The van der Waals surface area contributed by atoms with Gasteiger partial charge >= 0.3 is 0 Å². The summed E-state index contributed by atoms with van der Waals surface area (Å²) >= 11 is 3.65. The molecule has 0 N–H and O–H groups in total. The minimum atomic E-state index is 0.0405. The van der Waals surface area contributed by atoms with Gasteiger partial charge in [-0.1, -0.05) is 65.0 Å². The second-order valence-electron chi connectivity index (χ2n) is 11.7. The van der Waals surface area contributed by atoms with Crippen molar-refractivity contribution in [3.8, 4) is 22.4 Å². The summed E-state index contributed by atoms with van der Waals surface area (Å²) in [6.07, 6.45) is 1.12. The maximum Gasteiger partial charge on any atom is 0.124 e. The van der Waals surface area contributed by atoms with Gasteiger partial charge in [-0.05, 0) is 105 Å². The molecule has 0 aliphatic rings. The van der Waals surface area contributed by atoms with Gasteiger partial charge in [0.15, 0.2) is 0 Å². The summed E-state index contributed by atoms with van der Waals surface area (Å²) in [5.74, 6) is 0.644. The lowest BCUT2D eigenvalue weighted by Gasteiger charge is -2.23. The molecule has 186 valence electrons. The number of nitrogens with zero attached hydrogens (tertiary/aromatic N) is 1. The first kappa shape index (κ1) is 24.3. The number of aromatic nitrogens is 1. The molecule has 0 bridgehead atoms. The first-order chi connectivity index (χ1) is 17.7. The van der Waals surface area contributed by atoms with Crippen molar-refractivity contribution in [2.75, 3.05) is 0 Å². The van der Waals surface area contributed by atoms with Crippen LogP contribution in [0.25, 0.3) is 53.5 Å². The SMILES string of the molecule is Cc1cc2c(-c3ccc4scc(CC(C)C)c4c3)cc(-c3cc(C(C)(C)C)c4ccccc4c3)nc2s1. The quantitative estimate of drug-likeness (QED) is 0.226. The fraction of sp³-hybridized carbons (Fsp3) is 0.265. The molecule has 0 saturated carbocycles. The highest BCUT2D eigenvalue weighted by Crippen LogP contribution is 2.40. The summed E-state index contributed by atoms with van der Waals surface area (Å²) in [5, 5.41) is 7.60. The van der Waals surface area contributed by atoms with E-state index in [4.69, 9.17) is 4.98 Å². The second kappa shape index (κ2) is 9.08. The minimum absolute atomic E-state index is 0.0405. The Morgan fingerprint density at radius 3 is 2.43 bits per heavy atom. The van der Waals surface area contributed by atoms with Crippen molar-refractivity contribution >= 4 is 53.7 Å². The van der Waals surface area contributed by atoms with Crippen LogP contribution in [0.2, 0.25) is 0 Å². The summed E-state index contributed by atoms with van der Waals surface area (Å²) in [6.45, 7) is 13.7. The molecule has 3 aromatic heterocycles. The van der Waals surface area contributed by atoms with E-state index in [0.29, 0.717) is 5.92 Å². The zero-order chi connectivity index (χ0) is 25.9. The number of rotatable bonds is 4. The predicted molar refractivity (Wildman–Crippen MR) is 165 cm³/mol. The average Bonchev–Trinajstić information content (AvgIpc) is 3.43. The van der Waals surface area contributed by atoms with E-state index in [-0.39, 0.29) is 5.41 Å². The van der Waals surface area contributed by atoms with Crippen LogP contribution in [0.4, 0.5) is 0 Å². The molecule has 3 heteroatoms. The van der Waals surface area contributed by atoms with Crippen LogP contribution in [0.3, 0.4) is 0 Å². The summed E-state index contributed by atoms with van der Waals surface area (Å²) in [7, 11) is 0. The van der Waals surface area contributed by atoms with E-state index in [1.165, 1.54) is 58.9 Å². The Hall–Kier alpha value is -3.01. The molecule has 0 radical (unpaired) electrons. The number of hydrogen-bond acceptors (Lipinski definition) is 3. The van der Waals surface area contributed by atoms with Gasteiger partial charge in [0.25, 0.3) is 0 Å². The fourth-order valence-electron chi connectivity index (χ4n) is 5.45. The third-order valence-electron chi connectivity index (χ3n) is 7.19. The lowest BCUT2D eigenvalue weighted by Crippen LogP contribution is -2.12. The smallest absolute Gasteiger partial charge is 0.124 e. The molecule has 0 amide bonds. The van der Waals surface area contributed by atoms with Crippen LogP contribution in [0.15, 0.2) is 72.1 Å². The summed E-state index contributed by atoms with van der Waals surface area (Å²) in [4.78, 5) is 7.62. The molecule has 0 aliphatic carbocycles. The maximum absolute atomic E-state index is 5.21. The molecule has 6 aromatic rings. The first-order valence-electron chi connectivity index (χ1n) is 13.1. The maximum atomic E-state index is 5.21.